The number of rotatable bonds is 11. The van der Waals surface area contributed by atoms with Gasteiger partial charge < -0.3 is 33.7 Å². The van der Waals surface area contributed by atoms with Crippen LogP contribution in [0.5, 0.6) is 0 Å². The highest BCUT2D eigenvalue weighted by Crippen LogP contribution is 2.55. The SMILES string of the molecule is O=C(NC12CC3CC(CC(C3)C1)C2)O[C@@H]1O[C@H](COC(=O)c2ccccc2)[C@H](OC(=O)c2ccccc2)[C@H](OC(=O)c2ccccc2)[C@H]1OC(=O)c1ccccc1. The third-order valence-corrected chi connectivity index (χ3v) is 11.4. The van der Waals surface area contributed by atoms with Crippen LogP contribution in [0.1, 0.15) is 80.0 Å². The van der Waals surface area contributed by atoms with Gasteiger partial charge in [-0.2, -0.15) is 0 Å². The number of amides is 1. The molecule has 294 valence electrons. The molecular weight excluding hydrogens is 730 g/mol. The Balaban J connectivity index is 1.15. The van der Waals surface area contributed by atoms with Gasteiger partial charge in [0.15, 0.2) is 12.2 Å². The topological polar surface area (TPSA) is 153 Å². The van der Waals surface area contributed by atoms with Gasteiger partial charge in [0.2, 0.25) is 12.4 Å². The van der Waals surface area contributed by atoms with E-state index >= 15 is 0 Å². The van der Waals surface area contributed by atoms with E-state index in [1.807, 2.05) is 0 Å². The lowest BCUT2D eigenvalue weighted by Gasteiger charge is -2.56. The van der Waals surface area contributed by atoms with Crippen LogP contribution < -0.4 is 5.32 Å². The normalized spacial score (nSPS) is 28.4. The van der Waals surface area contributed by atoms with Crippen LogP contribution in [0.15, 0.2) is 121 Å². The number of carbonyl (C=O) groups excluding carboxylic acids is 5. The molecule has 0 radical (unpaired) electrons. The largest absolute Gasteiger partial charge is 0.459 e. The second kappa shape index (κ2) is 16.6. The molecule has 0 unspecified atom stereocenters. The van der Waals surface area contributed by atoms with Crippen LogP contribution in [-0.4, -0.2) is 72.8 Å². The Labute approximate surface area is 329 Å². The second-order valence-corrected chi connectivity index (χ2v) is 15.4. The summed E-state index contributed by atoms with van der Waals surface area (Å²) < 4.78 is 36.3. The molecule has 12 nitrogen and oxygen atoms in total. The summed E-state index contributed by atoms with van der Waals surface area (Å²) in [5.41, 5.74) is 0.259. The van der Waals surface area contributed by atoms with Gasteiger partial charge in [-0.25, -0.2) is 24.0 Å². The first-order valence-electron chi connectivity index (χ1n) is 19.4. The smallest absolute Gasteiger partial charge is 0.410 e. The highest BCUT2D eigenvalue weighted by Gasteiger charge is 2.56. The molecule has 4 aromatic rings. The van der Waals surface area contributed by atoms with Gasteiger partial charge in [0.1, 0.15) is 12.7 Å². The summed E-state index contributed by atoms with van der Waals surface area (Å²) in [7, 11) is 0. The van der Waals surface area contributed by atoms with E-state index in [1.165, 1.54) is 36.4 Å². The summed E-state index contributed by atoms with van der Waals surface area (Å²) >= 11 is 0. The van der Waals surface area contributed by atoms with Crippen molar-refractivity contribution in [3.05, 3.63) is 144 Å². The fourth-order valence-electron chi connectivity index (χ4n) is 9.24. The molecule has 1 aliphatic heterocycles. The molecule has 5 aliphatic rings. The summed E-state index contributed by atoms with van der Waals surface area (Å²) in [6.45, 7) is -0.532. The lowest BCUT2D eigenvalue weighted by molar-refractivity contribution is -0.283. The fourth-order valence-corrected chi connectivity index (χ4v) is 9.24. The molecule has 5 atom stereocenters. The second-order valence-electron chi connectivity index (χ2n) is 15.4. The lowest BCUT2D eigenvalue weighted by atomic mass is 9.53. The van der Waals surface area contributed by atoms with Crippen molar-refractivity contribution in [3.63, 3.8) is 0 Å². The molecule has 4 saturated carbocycles. The maximum absolute atomic E-state index is 14.0. The molecule has 9 rings (SSSR count). The van der Waals surface area contributed by atoms with Crippen molar-refractivity contribution >= 4 is 30.0 Å². The van der Waals surface area contributed by atoms with Gasteiger partial charge in [-0.15, -0.1) is 0 Å². The van der Waals surface area contributed by atoms with Gasteiger partial charge in [0.05, 0.1) is 22.3 Å². The maximum Gasteiger partial charge on any atom is 0.410 e. The first-order chi connectivity index (χ1) is 27.7. The summed E-state index contributed by atoms with van der Waals surface area (Å²) in [6.07, 6.45) is -2.80. The monoisotopic (exact) mass is 773 g/mol. The van der Waals surface area contributed by atoms with E-state index in [0.29, 0.717) is 17.8 Å². The molecule has 12 heteroatoms. The Bertz CT molecular complexity index is 2020. The van der Waals surface area contributed by atoms with Crippen LogP contribution in [0.3, 0.4) is 0 Å². The highest BCUT2D eigenvalue weighted by atomic mass is 16.8. The van der Waals surface area contributed by atoms with Gasteiger partial charge in [0, 0.05) is 5.54 Å². The van der Waals surface area contributed by atoms with E-state index in [1.54, 1.807) is 84.9 Å². The van der Waals surface area contributed by atoms with Crippen molar-refractivity contribution in [1.82, 2.24) is 5.32 Å². The minimum atomic E-state index is -1.72. The van der Waals surface area contributed by atoms with Gasteiger partial charge in [-0.1, -0.05) is 72.8 Å². The van der Waals surface area contributed by atoms with Crippen molar-refractivity contribution in [3.8, 4) is 0 Å². The van der Waals surface area contributed by atoms with Crippen molar-refractivity contribution in [2.45, 2.75) is 74.8 Å². The molecule has 5 fully saturated rings. The first kappa shape index (κ1) is 37.9. The Morgan fingerprint density at radius 3 is 1.33 bits per heavy atom. The number of nitrogens with one attached hydrogen (secondary N) is 1. The number of esters is 4. The number of ether oxygens (including phenoxy) is 6. The van der Waals surface area contributed by atoms with Crippen LogP contribution in [0.4, 0.5) is 4.79 Å². The van der Waals surface area contributed by atoms with E-state index in [0.717, 1.165) is 38.5 Å². The quantitative estimate of drug-likeness (QED) is 0.125. The average molecular weight is 774 g/mol. The maximum atomic E-state index is 14.0. The van der Waals surface area contributed by atoms with Crippen LogP contribution >= 0.6 is 0 Å². The Morgan fingerprint density at radius 2 is 0.895 bits per heavy atom. The molecule has 4 aliphatic carbocycles. The molecule has 1 N–H and O–H groups in total. The zero-order chi connectivity index (χ0) is 39.4. The van der Waals surface area contributed by atoms with Gasteiger partial charge >= 0.3 is 30.0 Å². The fraction of sp³-hybridized carbons (Fsp3) is 0.356. The van der Waals surface area contributed by atoms with Crippen LogP contribution in [0.25, 0.3) is 0 Å². The number of carbonyl (C=O) groups is 5. The minimum absolute atomic E-state index is 0.148. The summed E-state index contributed by atoms with van der Waals surface area (Å²) in [6, 6.07) is 32.5. The molecule has 1 heterocycles. The molecule has 1 saturated heterocycles. The third-order valence-electron chi connectivity index (χ3n) is 11.4. The van der Waals surface area contributed by atoms with Crippen molar-refractivity contribution in [1.29, 1.82) is 0 Å². The molecular formula is C45H43NO11. The van der Waals surface area contributed by atoms with E-state index < -0.39 is 72.8 Å². The highest BCUT2D eigenvalue weighted by molar-refractivity contribution is 5.91. The van der Waals surface area contributed by atoms with E-state index in [9.17, 15) is 24.0 Å². The van der Waals surface area contributed by atoms with E-state index in [4.69, 9.17) is 28.4 Å². The number of hydrogen-bond acceptors (Lipinski definition) is 11. The van der Waals surface area contributed by atoms with Crippen molar-refractivity contribution < 1.29 is 52.4 Å². The lowest BCUT2D eigenvalue weighted by Crippen LogP contribution is -2.65. The zero-order valence-electron chi connectivity index (χ0n) is 31.1. The van der Waals surface area contributed by atoms with E-state index in [2.05, 4.69) is 5.32 Å². The molecule has 4 bridgehead atoms. The molecule has 0 aromatic heterocycles. The Morgan fingerprint density at radius 1 is 0.509 bits per heavy atom. The van der Waals surface area contributed by atoms with Crippen LogP contribution in [0.2, 0.25) is 0 Å². The van der Waals surface area contributed by atoms with E-state index in [-0.39, 0.29) is 22.3 Å². The number of benzene rings is 4. The molecule has 57 heavy (non-hydrogen) atoms. The molecule has 1 amide bonds. The first-order valence-corrected chi connectivity index (χ1v) is 19.4. The van der Waals surface area contributed by atoms with Crippen LogP contribution in [-0.2, 0) is 28.4 Å². The standard InChI is InChI=1S/C45H43NO11/c47-39(31-13-5-1-6-14-31)52-27-35-36(54-40(48)32-15-7-2-8-16-32)37(55-41(49)33-17-9-3-10-18-33)38(56-42(50)34-19-11-4-12-20-34)43(53-35)57-44(51)46-45-24-28-21-29(25-45)23-30(22-28)26-45/h1-20,28-30,35-38,43H,21-27H2,(H,46,51)/t28?,29?,30?,35-,36+,37+,38-,43+,45?/m1/s1. The van der Waals surface area contributed by atoms with Crippen molar-refractivity contribution in [2.24, 2.45) is 17.8 Å². The molecule has 0 spiro atoms. The average Bonchev–Trinajstić information content (AvgIpc) is 3.22. The van der Waals surface area contributed by atoms with Gasteiger partial charge in [-0.3, -0.25) is 0 Å². The summed E-state index contributed by atoms with van der Waals surface area (Å²) in [5, 5.41) is 3.15. The Kier molecular flexibility index (Phi) is 11.0. The minimum Gasteiger partial charge on any atom is -0.459 e. The third kappa shape index (κ3) is 8.71. The molecule has 4 aromatic carbocycles. The van der Waals surface area contributed by atoms with Crippen molar-refractivity contribution in [2.75, 3.05) is 6.61 Å². The predicted molar refractivity (Wildman–Crippen MR) is 203 cm³/mol. The van der Waals surface area contributed by atoms with Crippen LogP contribution in [0, 0.1) is 17.8 Å². The van der Waals surface area contributed by atoms with Gasteiger partial charge in [0.25, 0.3) is 0 Å². The number of hydrogen-bond donors (Lipinski definition) is 1. The zero-order valence-corrected chi connectivity index (χ0v) is 31.1. The number of alkyl carbamates (subject to hydrolysis) is 1. The Hall–Kier alpha value is -6.01. The van der Waals surface area contributed by atoms with Gasteiger partial charge in [-0.05, 0) is 105 Å². The summed E-state index contributed by atoms with van der Waals surface area (Å²) in [4.78, 5) is 68.7. The summed E-state index contributed by atoms with van der Waals surface area (Å²) in [5.74, 6) is -1.66. The predicted octanol–water partition coefficient (Wildman–Crippen LogP) is 6.94.